The van der Waals surface area contributed by atoms with Crippen molar-refractivity contribution in [2.75, 3.05) is 0 Å². The van der Waals surface area contributed by atoms with E-state index < -0.39 is 0 Å². The van der Waals surface area contributed by atoms with Crippen molar-refractivity contribution in [2.24, 2.45) is 0 Å². The van der Waals surface area contributed by atoms with E-state index in [1.807, 2.05) is 0 Å². The topological polar surface area (TPSA) is 17.1 Å². The first-order valence-electron chi connectivity index (χ1n) is 3.82. The maximum Gasteiger partial charge on any atom is 0.206 e. The Kier molecular flexibility index (Phi) is 3.38. The molecule has 0 aliphatic heterocycles. The Morgan fingerprint density at radius 1 is 1.27 bits per heavy atom. The van der Waals surface area contributed by atoms with Gasteiger partial charge in [0.2, 0.25) is 5.78 Å². The van der Waals surface area contributed by atoms with Crippen LogP contribution in [0.15, 0.2) is 17.5 Å². The molecule has 2 rings (SSSR count). The Balaban J connectivity index is 2.45. The number of carbonyl (C=O) groups excluding carboxylic acids is 1. The molecule has 0 spiro atoms. The number of hydrogen-bond acceptors (Lipinski definition) is 3. The van der Waals surface area contributed by atoms with Crippen LogP contribution in [0.2, 0.25) is 13.7 Å². The Morgan fingerprint density at radius 2 is 2.00 bits per heavy atom. The van der Waals surface area contributed by atoms with Gasteiger partial charge in [0.25, 0.3) is 0 Å². The van der Waals surface area contributed by atoms with Gasteiger partial charge in [-0.2, -0.15) is 0 Å². The molecule has 2 aromatic heterocycles. The molecule has 0 aliphatic rings. The summed E-state index contributed by atoms with van der Waals surface area (Å²) in [5.74, 6) is -0.178. The van der Waals surface area contributed by atoms with Crippen LogP contribution in [-0.2, 0) is 0 Å². The molecule has 0 bridgehead atoms. The van der Waals surface area contributed by atoms with Crippen molar-refractivity contribution in [3.8, 4) is 0 Å². The van der Waals surface area contributed by atoms with Crippen LogP contribution in [0, 0.1) is 0 Å². The monoisotopic (exact) mass is 296 g/mol. The maximum absolute atomic E-state index is 12.0. The van der Waals surface area contributed by atoms with Crippen LogP contribution in [-0.4, -0.2) is 5.78 Å². The maximum atomic E-state index is 12.0. The molecule has 0 amide bonds. The van der Waals surface area contributed by atoms with E-state index >= 15 is 0 Å². The largest absolute Gasteiger partial charge is 0.288 e. The van der Waals surface area contributed by atoms with Crippen LogP contribution < -0.4 is 0 Å². The van der Waals surface area contributed by atoms with Crippen molar-refractivity contribution in [3.05, 3.63) is 41.6 Å². The van der Waals surface area contributed by atoms with Gasteiger partial charge in [0.15, 0.2) is 0 Å². The Morgan fingerprint density at radius 3 is 2.47 bits per heavy atom. The smallest absolute Gasteiger partial charge is 0.206 e. The fourth-order valence-corrected chi connectivity index (χ4v) is 3.63. The van der Waals surface area contributed by atoms with Gasteiger partial charge in [-0.1, -0.05) is 34.8 Å². The summed E-state index contributed by atoms with van der Waals surface area (Å²) in [6.45, 7) is 0. The molecule has 0 saturated carbocycles. The van der Waals surface area contributed by atoms with Crippen LogP contribution in [0.25, 0.3) is 0 Å². The number of ketones is 1. The van der Waals surface area contributed by atoms with Gasteiger partial charge >= 0.3 is 0 Å². The number of halogens is 3. The van der Waals surface area contributed by atoms with E-state index in [1.54, 1.807) is 17.5 Å². The molecule has 2 aromatic rings. The molecular formula is C9H3Cl3OS2. The zero-order valence-corrected chi connectivity index (χ0v) is 11.0. The number of rotatable bonds is 2. The lowest BCUT2D eigenvalue weighted by Gasteiger charge is -1.95. The van der Waals surface area contributed by atoms with Crippen LogP contribution in [0.5, 0.6) is 0 Å². The van der Waals surface area contributed by atoms with Gasteiger partial charge < -0.3 is 0 Å². The second kappa shape index (κ2) is 4.44. The molecule has 0 unspecified atom stereocenters. The second-order valence-electron chi connectivity index (χ2n) is 2.66. The van der Waals surface area contributed by atoms with E-state index in [1.165, 1.54) is 22.7 Å². The van der Waals surface area contributed by atoms with Crippen molar-refractivity contribution < 1.29 is 4.79 Å². The zero-order chi connectivity index (χ0) is 11.0. The van der Waals surface area contributed by atoms with Gasteiger partial charge in [-0.25, -0.2) is 0 Å². The summed E-state index contributed by atoms with van der Waals surface area (Å²) in [6, 6.07) is 3.24. The fourth-order valence-electron chi connectivity index (χ4n) is 1.07. The molecule has 2 heterocycles. The van der Waals surface area contributed by atoms with Crippen molar-refractivity contribution in [3.63, 3.8) is 0 Å². The zero-order valence-electron chi connectivity index (χ0n) is 7.09. The third-order valence-corrected chi connectivity index (χ3v) is 4.55. The van der Waals surface area contributed by atoms with E-state index in [-0.39, 0.29) is 5.78 Å². The van der Waals surface area contributed by atoms with Gasteiger partial charge in [-0.3, -0.25) is 4.79 Å². The molecule has 15 heavy (non-hydrogen) atoms. The highest BCUT2D eigenvalue weighted by Crippen LogP contribution is 2.34. The highest BCUT2D eigenvalue weighted by Gasteiger charge is 2.19. The molecule has 0 N–H and O–H groups in total. The number of carbonyl (C=O) groups is 1. The van der Waals surface area contributed by atoms with Crippen LogP contribution in [0.1, 0.15) is 15.2 Å². The van der Waals surface area contributed by atoms with Gasteiger partial charge in [0.1, 0.15) is 4.34 Å². The SMILES string of the molecule is O=C(c1cc(Cl)sc1Cl)c1sccc1Cl. The summed E-state index contributed by atoms with van der Waals surface area (Å²) < 4.78 is 0.894. The van der Waals surface area contributed by atoms with Crippen LogP contribution in [0.3, 0.4) is 0 Å². The average Bonchev–Trinajstić information content (AvgIpc) is 2.71. The van der Waals surface area contributed by atoms with Crippen molar-refractivity contribution in [1.82, 2.24) is 0 Å². The minimum Gasteiger partial charge on any atom is -0.288 e. The molecule has 0 radical (unpaired) electrons. The third-order valence-electron chi connectivity index (χ3n) is 1.72. The van der Waals surface area contributed by atoms with E-state index in [0.29, 0.717) is 24.1 Å². The lowest BCUT2D eigenvalue weighted by atomic mass is 10.2. The standard InChI is InChI=1S/C9H3Cl3OS2/c10-5-1-2-14-8(5)7(13)4-3-6(11)15-9(4)12/h1-3H. The first-order valence-corrected chi connectivity index (χ1v) is 6.65. The molecule has 78 valence electrons. The lowest BCUT2D eigenvalue weighted by Crippen LogP contribution is -1.97. The Hall–Kier alpha value is -0.0600. The molecule has 0 aliphatic carbocycles. The molecule has 1 nitrogen and oxygen atoms in total. The Bertz CT molecular complexity index is 515. The molecule has 0 fully saturated rings. The number of thiophene rings is 2. The molecule has 0 aromatic carbocycles. The summed E-state index contributed by atoms with van der Waals surface area (Å²) >= 11 is 20.0. The van der Waals surface area contributed by atoms with Crippen LogP contribution in [0.4, 0.5) is 0 Å². The second-order valence-corrected chi connectivity index (χ2v) is 6.27. The van der Waals surface area contributed by atoms with Crippen molar-refractivity contribution >= 4 is 63.3 Å². The Labute approximate surface area is 109 Å². The molecular weight excluding hydrogens is 295 g/mol. The first-order chi connectivity index (χ1) is 7.09. The van der Waals surface area contributed by atoms with E-state index in [4.69, 9.17) is 34.8 Å². The summed E-state index contributed by atoms with van der Waals surface area (Å²) in [5.41, 5.74) is 0.413. The average molecular weight is 298 g/mol. The van der Waals surface area contributed by atoms with Gasteiger partial charge in [0.05, 0.1) is 19.8 Å². The minimum absolute atomic E-state index is 0.178. The van der Waals surface area contributed by atoms with E-state index in [9.17, 15) is 4.79 Å². The number of hydrogen-bond donors (Lipinski definition) is 0. The highest BCUT2D eigenvalue weighted by molar-refractivity contribution is 7.20. The molecule has 6 heteroatoms. The van der Waals surface area contributed by atoms with E-state index in [0.717, 1.165) is 0 Å². The van der Waals surface area contributed by atoms with Gasteiger partial charge in [-0.05, 0) is 17.5 Å². The lowest BCUT2D eigenvalue weighted by molar-refractivity contribution is 0.104. The van der Waals surface area contributed by atoms with Crippen LogP contribution >= 0.6 is 57.5 Å². The summed E-state index contributed by atoms with van der Waals surface area (Å²) in [7, 11) is 0. The highest BCUT2D eigenvalue weighted by atomic mass is 35.5. The summed E-state index contributed by atoms with van der Waals surface area (Å²) in [4.78, 5) is 12.4. The fraction of sp³-hybridized carbons (Fsp3) is 0. The van der Waals surface area contributed by atoms with Gasteiger partial charge in [-0.15, -0.1) is 22.7 Å². The quantitative estimate of drug-likeness (QED) is 0.713. The molecule has 0 saturated heterocycles. The van der Waals surface area contributed by atoms with Crippen molar-refractivity contribution in [2.45, 2.75) is 0 Å². The first kappa shape index (κ1) is 11.4. The third kappa shape index (κ3) is 2.22. The summed E-state index contributed by atoms with van der Waals surface area (Å²) in [6.07, 6.45) is 0. The predicted octanol–water partition coefficient (Wildman–Crippen LogP) is 5.00. The van der Waals surface area contributed by atoms with Crippen molar-refractivity contribution in [1.29, 1.82) is 0 Å². The molecule has 0 atom stereocenters. The van der Waals surface area contributed by atoms with E-state index in [2.05, 4.69) is 0 Å². The van der Waals surface area contributed by atoms with Gasteiger partial charge in [0, 0.05) is 0 Å². The normalized spacial score (nSPS) is 10.6. The minimum atomic E-state index is -0.178. The predicted molar refractivity (Wildman–Crippen MR) is 67.1 cm³/mol. The summed E-state index contributed by atoms with van der Waals surface area (Å²) in [5, 5.41) is 2.21.